The summed E-state index contributed by atoms with van der Waals surface area (Å²) in [6.45, 7) is 1.99. The summed E-state index contributed by atoms with van der Waals surface area (Å²) in [7, 11) is 1.30. The lowest BCUT2D eigenvalue weighted by Gasteiger charge is -2.15. The summed E-state index contributed by atoms with van der Waals surface area (Å²) in [5, 5.41) is 21.8. The SMILES string of the molecule is CCOc1ccc(NC(=O)COc2ccc(-c3c(C(=O)O)c(N)[nH]c(=O)c3C(=O)O)cc2OC)cc1. The number of nitrogen functional groups attached to an aromatic ring is 1. The quantitative estimate of drug-likeness (QED) is 0.278. The minimum absolute atomic E-state index is 0.0330. The summed E-state index contributed by atoms with van der Waals surface area (Å²) in [4.78, 5) is 50.1. The normalized spacial score (nSPS) is 10.4. The van der Waals surface area contributed by atoms with Gasteiger partial charge in [-0.3, -0.25) is 9.59 Å². The number of carbonyl (C=O) groups is 3. The van der Waals surface area contributed by atoms with E-state index >= 15 is 0 Å². The third-order valence-corrected chi connectivity index (χ3v) is 4.93. The number of carbonyl (C=O) groups excluding carboxylic acids is 1. The Balaban J connectivity index is 1.86. The molecular formula is C24H23N3O9. The molecule has 2 aromatic carbocycles. The average Bonchev–Trinajstić information content (AvgIpc) is 2.83. The molecule has 0 aliphatic heterocycles. The molecular weight excluding hydrogens is 474 g/mol. The summed E-state index contributed by atoms with van der Waals surface area (Å²) in [6.07, 6.45) is 0. The van der Waals surface area contributed by atoms with Crippen molar-refractivity contribution in [3.63, 3.8) is 0 Å². The second-order valence-electron chi connectivity index (χ2n) is 7.26. The van der Waals surface area contributed by atoms with Crippen molar-refractivity contribution in [3.8, 4) is 28.4 Å². The first-order chi connectivity index (χ1) is 17.2. The molecule has 1 aromatic heterocycles. The maximum atomic E-state index is 12.3. The van der Waals surface area contributed by atoms with Gasteiger partial charge in [-0.1, -0.05) is 6.07 Å². The van der Waals surface area contributed by atoms with Crippen LogP contribution < -0.4 is 30.8 Å². The molecule has 0 saturated carbocycles. The van der Waals surface area contributed by atoms with E-state index in [9.17, 15) is 29.4 Å². The number of aromatic nitrogens is 1. The summed E-state index contributed by atoms with van der Waals surface area (Å²) in [6, 6.07) is 10.7. The third-order valence-electron chi connectivity index (χ3n) is 4.93. The largest absolute Gasteiger partial charge is 0.494 e. The van der Waals surface area contributed by atoms with Crippen LogP contribution >= 0.6 is 0 Å². The van der Waals surface area contributed by atoms with Crippen molar-refractivity contribution in [2.45, 2.75) is 6.92 Å². The van der Waals surface area contributed by atoms with Crippen molar-refractivity contribution in [2.75, 3.05) is 31.4 Å². The molecule has 12 nitrogen and oxygen atoms in total. The predicted molar refractivity (Wildman–Crippen MR) is 129 cm³/mol. The van der Waals surface area contributed by atoms with Gasteiger partial charge in [-0.15, -0.1) is 0 Å². The third kappa shape index (κ3) is 5.55. The Labute approximate surface area is 204 Å². The topological polar surface area (TPSA) is 190 Å². The van der Waals surface area contributed by atoms with E-state index in [0.29, 0.717) is 18.0 Å². The Kier molecular flexibility index (Phi) is 7.79. The Morgan fingerprint density at radius 1 is 0.972 bits per heavy atom. The molecule has 0 aliphatic rings. The molecule has 0 aliphatic carbocycles. The molecule has 0 radical (unpaired) electrons. The first-order valence-corrected chi connectivity index (χ1v) is 10.5. The van der Waals surface area contributed by atoms with E-state index < -0.39 is 45.9 Å². The Hall–Kier alpha value is -5.00. The maximum Gasteiger partial charge on any atom is 0.342 e. The highest BCUT2D eigenvalue weighted by Gasteiger charge is 2.27. The fraction of sp³-hybridized carbons (Fsp3) is 0.167. The van der Waals surface area contributed by atoms with Gasteiger partial charge < -0.3 is 40.5 Å². The van der Waals surface area contributed by atoms with Crippen LogP contribution in [0, 0.1) is 0 Å². The molecule has 12 heteroatoms. The number of nitrogens with one attached hydrogen (secondary N) is 2. The van der Waals surface area contributed by atoms with Gasteiger partial charge in [0.25, 0.3) is 11.5 Å². The number of benzene rings is 2. The van der Waals surface area contributed by atoms with Crippen molar-refractivity contribution < 1.29 is 38.8 Å². The lowest BCUT2D eigenvalue weighted by Crippen LogP contribution is -2.24. The van der Waals surface area contributed by atoms with Crippen LogP contribution in [0.15, 0.2) is 47.3 Å². The number of hydrogen-bond donors (Lipinski definition) is 5. The van der Waals surface area contributed by atoms with Gasteiger partial charge in [0.2, 0.25) is 0 Å². The average molecular weight is 497 g/mol. The number of nitrogens with two attached hydrogens (primary N) is 1. The molecule has 36 heavy (non-hydrogen) atoms. The van der Waals surface area contributed by atoms with E-state index in [0.717, 1.165) is 0 Å². The first-order valence-electron chi connectivity index (χ1n) is 10.5. The number of aromatic amines is 1. The van der Waals surface area contributed by atoms with Gasteiger partial charge in [0.05, 0.1) is 13.7 Å². The second kappa shape index (κ2) is 11.0. The summed E-state index contributed by atoms with van der Waals surface area (Å²) >= 11 is 0. The number of carboxylic acid groups (broad SMARTS) is 2. The van der Waals surface area contributed by atoms with E-state index in [4.69, 9.17) is 19.9 Å². The molecule has 0 saturated heterocycles. The smallest absolute Gasteiger partial charge is 0.342 e. The Morgan fingerprint density at radius 2 is 1.64 bits per heavy atom. The predicted octanol–water partition coefficient (Wildman–Crippen LogP) is 2.45. The Morgan fingerprint density at radius 3 is 2.22 bits per heavy atom. The van der Waals surface area contributed by atoms with Gasteiger partial charge in [-0.2, -0.15) is 0 Å². The molecule has 1 heterocycles. The highest BCUT2D eigenvalue weighted by Crippen LogP contribution is 2.36. The van der Waals surface area contributed by atoms with Crippen LogP contribution in [0.4, 0.5) is 11.5 Å². The number of hydrogen-bond acceptors (Lipinski definition) is 8. The van der Waals surface area contributed by atoms with Crippen LogP contribution in [0.2, 0.25) is 0 Å². The van der Waals surface area contributed by atoms with Crippen LogP contribution in [0.5, 0.6) is 17.2 Å². The minimum Gasteiger partial charge on any atom is -0.494 e. The number of aromatic carboxylic acids is 2. The summed E-state index contributed by atoms with van der Waals surface area (Å²) in [5.74, 6) is -3.30. The number of methoxy groups -OCH3 is 1. The minimum atomic E-state index is -1.64. The van der Waals surface area contributed by atoms with E-state index in [-0.39, 0.29) is 23.7 Å². The highest BCUT2D eigenvalue weighted by atomic mass is 16.5. The number of ether oxygens (including phenoxy) is 3. The molecule has 0 fully saturated rings. The van der Waals surface area contributed by atoms with E-state index in [1.165, 1.54) is 25.3 Å². The number of carboxylic acids is 2. The van der Waals surface area contributed by atoms with Gasteiger partial charge in [0.1, 0.15) is 22.7 Å². The fourth-order valence-corrected chi connectivity index (χ4v) is 3.42. The number of H-pyrrole nitrogens is 1. The number of rotatable bonds is 10. The van der Waals surface area contributed by atoms with Gasteiger partial charge in [0.15, 0.2) is 18.1 Å². The number of pyridine rings is 1. The standard InChI is InChI=1S/C24H23N3O9/c1-3-35-14-7-5-13(6-8-14)26-17(28)11-36-15-9-4-12(10-16(15)34-2)18-19(23(30)31)21(25)27-22(29)20(18)24(32)33/h4-10H,3,11H2,1-2H3,(H,26,28)(H,30,31)(H,32,33)(H3,25,27,29). The molecule has 0 unspecified atom stereocenters. The monoisotopic (exact) mass is 497 g/mol. The van der Waals surface area contributed by atoms with E-state index in [1.54, 1.807) is 24.3 Å². The van der Waals surface area contributed by atoms with Crippen molar-refractivity contribution in [1.82, 2.24) is 4.98 Å². The molecule has 0 spiro atoms. The van der Waals surface area contributed by atoms with Crippen molar-refractivity contribution >= 4 is 29.4 Å². The highest BCUT2D eigenvalue weighted by molar-refractivity contribution is 6.07. The molecule has 1 amide bonds. The first kappa shape index (κ1) is 25.6. The fourth-order valence-electron chi connectivity index (χ4n) is 3.42. The molecule has 3 rings (SSSR count). The maximum absolute atomic E-state index is 12.3. The van der Waals surface area contributed by atoms with E-state index in [2.05, 4.69) is 5.32 Å². The van der Waals surface area contributed by atoms with Crippen molar-refractivity contribution in [3.05, 3.63) is 63.9 Å². The zero-order valence-electron chi connectivity index (χ0n) is 19.3. The van der Waals surface area contributed by atoms with Crippen LogP contribution in [0.3, 0.4) is 0 Å². The Bertz CT molecular complexity index is 1360. The lowest BCUT2D eigenvalue weighted by atomic mass is 9.95. The number of anilines is 2. The lowest BCUT2D eigenvalue weighted by molar-refractivity contribution is -0.118. The van der Waals surface area contributed by atoms with Gasteiger partial charge in [-0.25, -0.2) is 9.59 Å². The molecule has 188 valence electrons. The molecule has 0 bridgehead atoms. The number of amides is 1. The van der Waals surface area contributed by atoms with Gasteiger partial charge in [0, 0.05) is 11.3 Å². The van der Waals surface area contributed by atoms with Crippen LogP contribution in [-0.4, -0.2) is 53.4 Å². The van der Waals surface area contributed by atoms with E-state index in [1.807, 2.05) is 11.9 Å². The summed E-state index contributed by atoms with van der Waals surface area (Å²) < 4.78 is 16.2. The molecule has 0 atom stereocenters. The summed E-state index contributed by atoms with van der Waals surface area (Å²) in [5.41, 5.74) is 3.38. The van der Waals surface area contributed by atoms with Crippen LogP contribution in [-0.2, 0) is 4.79 Å². The zero-order chi connectivity index (χ0) is 26.4. The van der Waals surface area contributed by atoms with Gasteiger partial charge >= 0.3 is 11.9 Å². The van der Waals surface area contributed by atoms with Crippen molar-refractivity contribution in [2.24, 2.45) is 0 Å². The molecule has 6 N–H and O–H groups in total. The van der Waals surface area contributed by atoms with Crippen LogP contribution in [0.1, 0.15) is 27.6 Å². The van der Waals surface area contributed by atoms with Crippen molar-refractivity contribution in [1.29, 1.82) is 0 Å². The van der Waals surface area contributed by atoms with Gasteiger partial charge in [-0.05, 0) is 48.9 Å². The molecule has 3 aromatic rings. The zero-order valence-corrected chi connectivity index (χ0v) is 19.3. The second-order valence-corrected chi connectivity index (χ2v) is 7.26. The van der Waals surface area contributed by atoms with Crippen LogP contribution in [0.25, 0.3) is 11.1 Å².